The molecule has 1 heterocycles. The van der Waals surface area contributed by atoms with Gasteiger partial charge in [-0.05, 0) is 52.7 Å². The Morgan fingerprint density at radius 2 is 2.05 bits per heavy atom. The number of benzene rings is 1. The van der Waals surface area contributed by atoms with Crippen molar-refractivity contribution in [2.24, 2.45) is 5.84 Å². The molecule has 0 bridgehead atoms. The zero-order chi connectivity index (χ0) is 14.0. The minimum absolute atomic E-state index is 0.123. The van der Waals surface area contributed by atoms with Crippen LogP contribution >= 0.6 is 15.9 Å². The van der Waals surface area contributed by atoms with E-state index in [4.69, 9.17) is 5.84 Å². The Morgan fingerprint density at radius 1 is 1.32 bits per heavy atom. The molecule has 3 N–H and O–H groups in total. The number of aryl methyl sites for hydroxylation is 1. The van der Waals surface area contributed by atoms with Crippen LogP contribution in [0, 0.1) is 18.6 Å². The molecule has 0 spiro atoms. The van der Waals surface area contributed by atoms with E-state index in [0.717, 1.165) is 5.69 Å². The predicted octanol–water partition coefficient (Wildman–Crippen LogP) is 2.98. The summed E-state index contributed by atoms with van der Waals surface area (Å²) >= 11 is 3.04. The van der Waals surface area contributed by atoms with Crippen LogP contribution in [0.4, 0.5) is 8.78 Å². The van der Waals surface area contributed by atoms with Crippen LogP contribution in [0.1, 0.15) is 22.9 Å². The average molecular weight is 328 g/mol. The van der Waals surface area contributed by atoms with Gasteiger partial charge in [0, 0.05) is 17.5 Å². The Labute approximate surface area is 117 Å². The molecule has 100 valence electrons. The molecule has 1 aromatic carbocycles. The summed E-state index contributed by atoms with van der Waals surface area (Å²) < 4.78 is 28.2. The van der Waals surface area contributed by atoms with Crippen molar-refractivity contribution in [3.63, 3.8) is 0 Å². The third-order valence-electron chi connectivity index (χ3n) is 2.79. The molecule has 0 aliphatic rings. The van der Waals surface area contributed by atoms with Crippen LogP contribution in [-0.2, 0) is 0 Å². The minimum Gasteiger partial charge on any atom is -0.271 e. The van der Waals surface area contributed by atoms with Crippen LogP contribution in [0.25, 0.3) is 0 Å². The number of halogens is 3. The van der Waals surface area contributed by atoms with Crippen molar-refractivity contribution in [1.82, 2.24) is 10.4 Å². The second kappa shape index (κ2) is 5.73. The van der Waals surface area contributed by atoms with E-state index in [-0.39, 0.29) is 10.0 Å². The highest BCUT2D eigenvalue weighted by molar-refractivity contribution is 9.10. The first-order chi connectivity index (χ1) is 9.04. The first kappa shape index (κ1) is 14.0. The molecular formula is C13H12BrF2N3. The lowest BCUT2D eigenvalue weighted by molar-refractivity contribution is 0.507. The molecule has 0 saturated heterocycles. The number of nitrogens with one attached hydrogen (secondary N) is 1. The molecule has 0 aliphatic heterocycles. The molecule has 0 aliphatic carbocycles. The summed E-state index contributed by atoms with van der Waals surface area (Å²) in [7, 11) is 0. The minimum atomic E-state index is -0.779. The summed E-state index contributed by atoms with van der Waals surface area (Å²) in [5.74, 6) is 4.13. The SMILES string of the molecule is Cc1cc(C(NN)c2c(F)ccc(Br)c2F)ccn1. The highest BCUT2D eigenvalue weighted by Gasteiger charge is 2.22. The zero-order valence-electron chi connectivity index (χ0n) is 10.1. The Morgan fingerprint density at radius 3 is 2.68 bits per heavy atom. The molecule has 2 aromatic rings. The Kier molecular flexibility index (Phi) is 4.24. The number of aromatic nitrogens is 1. The topological polar surface area (TPSA) is 50.9 Å². The number of rotatable bonds is 3. The van der Waals surface area contributed by atoms with Gasteiger partial charge in [0.05, 0.1) is 10.5 Å². The molecule has 19 heavy (non-hydrogen) atoms. The number of nitrogens with two attached hydrogens (primary N) is 1. The van der Waals surface area contributed by atoms with Crippen molar-refractivity contribution in [3.05, 3.63) is 63.4 Å². The van der Waals surface area contributed by atoms with E-state index in [9.17, 15) is 8.78 Å². The van der Waals surface area contributed by atoms with Gasteiger partial charge in [-0.15, -0.1) is 0 Å². The molecule has 1 aromatic heterocycles. The summed E-state index contributed by atoms with van der Waals surface area (Å²) in [5.41, 5.74) is 3.71. The van der Waals surface area contributed by atoms with Crippen molar-refractivity contribution < 1.29 is 8.78 Å². The fourth-order valence-electron chi connectivity index (χ4n) is 1.90. The lowest BCUT2D eigenvalue weighted by atomic mass is 9.98. The summed E-state index contributed by atoms with van der Waals surface area (Å²) in [4.78, 5) is 4.05. The fourth-order valence-corrected chi connectivity index (χ4v) is 2.25. The van der Waals surface area contributed by atoms with Gasteiger partial charge < -0.3 is 0 Å². The van der Waals surface area contributed by atoms with Gasteiger partial charge in [0.15, 0.2) is 0 Å². The molecule has 1 unspecified atom stereocenters. The van der Waals surface area contributed by atoms with Crippen molar-refractivity contribution in [2.75, 3.05) is 0 Å². The predicted molar refractivity (Wildman–Crippen MR) is 72.2 cm³/mol. The summed E-state index contributed by atoms with van der Waals surface area (Å²) in [5, 5.41) is 0. The van der Waals surface area contributed by atoms with Gasteiger partial charge in [0.1, 0.15) is 11.6 Å². The molecule has 6 heteroatoms. The third-order valence-corrected chi connectivity index (χ3v) is 3.40. The van der Waals surface area contributed by atoms with Crippen LogP contribution < -0.4 is 11.3 Å². The van der Waals surface area contributed by atoms with Crippen LogP contribution in [0.5, 0.6) is 0 Å². The largest absolute Gasteiger partial charge is 0.271 e. The zero-order valence-corrected chi connectivity index (χ0v) is 11.7. The van der Waals surface area contributed by atoms with Gasteiger partial charge in [-0.25, -0.2) is 14.2 Å². The van der Waals surface area contributed by atoms with E-state index in [1.807, 2.05) is 0 Å². The van der Waals surface area contributed by atoms with Gasteiger partial charge >= 0.3 is 0 Å². The summed E-state index contributed by atoms with van der Waals surface area (Å²) in [6.45, 7) is 1.80. The molecule has 0 radical (unpaired) electrons. The van der Waals surface area contributed by atoms with E-state index < -0.39 is 17.7 Å². The van der Waals surface area contributed by atoms with Gasteiger partial charge in [0.2, 0.25) is 0 Å². The van der Waals surface area contributed by atoms with E-state index >= 15 is 0 Å². The lowest BCUT2D eigenvalue weighted by Crippen LogP contribution is -2.30. The Balaban J connectivity index is 2.57. The number of hydrogen-bond donors (Lipinski definition) is 2. The second-order valence-corrected chi connectivity index (χ2v) is 4.94. The van der Waals surface area contributed by atoms with Crippen LogP contribution in [-0.4, -0.2) is 4.98 Å². The van der Waals surface area contributed by atoms with E-state index in [2.05, 4.69) is 26.3 Å². The smallest absolute Gasteiger partial charge is 0.145 e. The Bertz CT molecular complexity index is 604. The molecule has 1 atom stereocenters. The van der Waals surface area contributed by atoms with Gasteiger partial charge in [-0.3, -0.25) is 10.8 Å². The van der Waals surface area contributed by atoms with Gasteiger partial charge in [0.25, 0.3) is 0 Å². The molecule has 0 fully saturated rings. The van der Waals surface area contributed by atoms with Crippen molar-refractivity contribution >= 4 is 15.9 Å². The first-order valence-electron chi connectivity index (χ1n) is 5.56. The quantitative estimate of drug-likeness (QED) is 0.517. The van der Waals surface area contributed by atoms with Crippen molar-refractivity contribution in [3.8, 4) is 0 Å². The van der Waals surface area contributed by atoms with Gasteiger partial charge in [-0.1, -0.05) is 0 Å². The second-order valence-electron chi connectivity index (χ2n) is 4.09. The number of hydrogen-bond acceptors (Lipinski definition) is 3. The van der Waals surface area contributed by atoms with Crippen molar-refractivity contribution in [2.45, 2.75) is 13.0 Å². The number of nitrogens with zero attached hydrogens (tertiary/aromatic N) is 1. The van der Waals surface area contributed by atoms with E-state index in [1.165, 1.54) is 12.1 Å². The average Bonchev–Trinajstić information content (AvgIpc) is 2.39. The molecule has 3 nitrogen and oxygen atoms in total. The first-order valence-corrected chi connectivity index (χ1v) is 6.36. The van der Waals surface area contributed by atoms with Crippen molar-refractivity contribution in [1.29, 1.82) is 0 Å². The third kappa shape index (κ3) is 2.80. The van der Waals surface area contributed by atoms with Crippen LogP contribution in [0.15, 0.2) is 34.9 Å². The van der Waals surface area contributed by atoms with E-state index in [1.54, 1.807) is 25.3 Å². The molecular weight excluding hydrogens is 316 g/mol. The molecule has 2 rings (SSSR count). The number of pyridine rings is 1. The van der Waals surface area contributed by atoms with E-state index in [0.29, 0.717) is 5.56 Å². The maximum atomic E-state index is 14.1. The van der Waals surface area contributed by atoms with Crippen LogP contribution in [0.2, 0.25) is 0 Å². The summed E-state index contributed by atoms with van der Waals surface area (Å²) in [6.07, 6.45) is 1.57. The molecule has 0 saturated carbocycles. The fraction of sp³-hybridized carbons (Fsp3) is 0.154. The van der Waals surface area contributed by atoms with Gasteiger partial charge in [-0.2, -0.15) is 0 Å². The standard InChI is InChI=1S/C13H12BrF2N3/c1-7-6-8(4-5-18-7)13(19-17)11-10(15)3-2-9(14)12(11)16/h2-6,13,19H,17H2,1H3. The maximum absolute atomic E-state index is 14.1. The van der Waals surface area contributed by atoms with Crippen LogP contribution in [0.3, 0.4) is 0 Å². The number of hydrazine groups is 1. The highest BCUT2D eigenvalue weighted by Crippen LogP contribution is 2.30. The summed E-state index contributed by atoms with van der Waals surface area (Å²) in [6, 6.07) is 5.13. The highest BCUT2D eigenvalue weighted by atomic mass is 79.9. The normalized spacial score (nSPS) is 12.5. The Hall–Kier alpha value is -1.37. The maximum Gasteiger partial charge on any atom is 0.145 e. The molecule has 0 amide bonds. The monoisotopic (exact) mass is 327 g/mol. The lowest BCUT2D eigenvalue weighted by Gasteiger charge is -2.19.